The summed E-state index contributed by atoms with van der Waals surface area (Å²) >= 11 is 0. The van der Waals surface area contributed by atoms with Crippen LogP contribution in [-0.2, 0) is 4.79 Å². The molecule has 20 heavy (non-hydrogen) atoms. The molecule has 0 aromatic carbocycles. The molecule has 0 amide bonds. The first kappa shape index (κ1) is 16.8. The van der Waals surface area contributed by atoms with Gasteiger partial charge in [0, 0.05) is 18.0 Å². The first-order valence-electron chi connectivity index (χ1n) is 7.31. The molecule has 2 unspecified atom stereocenters. The number of aliphatic carboxylic acids is 1. The van der Waals surface area contributed by atoms with E-state index in [0.717, 1.165) is 19.3 Å². The number of rotatable bonds is 5. The first-order chi connectivity index (χ1) is 9.32. The van der Waals surface area contributed by atoms with Gasteiger partial charge in [0.2, 0.25) is 0 Å². The molecule has 1 aliphatic carbocycles. The lowest BCUT2D eigenvalue weighted by Crippen LogP contribution is -2.52. The van der Waals surface area contributed by atoms with Crippen LogP contribution in [0.4, 0.5) is 0 Å². The number of carboxylic acid groups (broad SMARTS) is 1. The Bertz CT molecular complexity index is 385. The van der Waals surface area contributed by atoms with Gasteiger partial charge in [0.1, 0.15) is 5.54 Å². The quantitative estimate of drug-likeness (QED) is 0.266. The van der Waals surface area contributed by atoms with Crippen molar-refractivity contribution in [2.24, 2.45) is 16.4 Å². The maximum atomic E-state index is 11.7. The van der Waals surface area contributed by atoms with E-state index in [9.17, 15) is 9.90 Å². The number of azide groups is 1. The lowest BCUT2D eigenvalue weighted by atomic mass is 9.76. The Morgan fingerprint density at radius 3 is 2.70 bits per heavy atom. The Morgan fingerprint density at radius 2 is 2.15 bits per heavy atom. The van der Waals surface area contributed by atoms with Crippen molar-refractivity contribution in [1.82, 2.24) is 5.32 Å². The highest BCUT2D eigenvalue weighted by Gasteiger charge is 2.41. The second kappa shape index (κ2) is 6.95. The number of carboxylic acids is 1. The molecule has 0 radical (unpaired) electrons. The number of hydrogen-bond acceptors (Lipinski definition) is 3. The third-order valence-corrected chi connectivity index (χ3v) is 4.45. The van der Waals surface area contributed by atoms with E-state index >= 15 is 0 Å². The zero-order valence-electron chi connectivity index (χ0n) is 12.7. The maximum Gasteiger partial charge on any atom is 0.323 e. The van der Waals surface area contributed by atoms with E-state index in [-0.39, 0.29) is 12.0 Å². The lowest BCUT2D eigenvalue weighted by molar-refractivity contribution is -0.145. The van der Waals surface area contributed by atoms with Crippen LogP contribution in [0.2, 0.25) is 0 Å². The van der Waals surface area contributed by atoms with Gasteiger partial charge in [0.05, 0.1) is 0 Å². The summed E-state index contributed by atoms with van der Waals surface area (Å²) in [6, 6.07) is 0. The van der Waals surface area contributed by atoms with Crippen LogP contribution in [0.3, 0.4) is 0 Å². The smallest absolute Gasteiger partial charge is 0.323 e. The summed E-state index contributed by atoms with van der Waals surface area (Å²) in [6.07, 6.45) is 4.20. The highest BCUT2D eigenvalue weighted by molar-refractivity contribution is 5.78. The van der Waals surface area contributed by atoms with E-state index < -0.39 is 11.5 Å². The van der Waals surface area contributed by atoms with Gasteiger partial charge in [-0.1, -0.05) is 32.3 Å². The van der Waals surface area contributed by atoms with Crippen LogP contribution in [-0.4, -0.2) is 29.7 Å². The molecule has 1 aliphatic rings. The van der Waals surface area contributed by atoms with Crippen molar-refractivity contribution in [3.8, 4) is 0 Å². The van der Waals surface area contributed by atoms with Gasteiger partial charge in [0.25, 0.3) is 0 Å². The van der Waals surface area contributed by atoms with Gasteiger partial charge in [-0.05, 0) is 42.5 Å². The van der Waals surface area contributed by atoms with Crippen LogP contribution < -0.4 is 5.32 Å². The predicted octanol–water partition coefficient (Wildman–Crippen LogP) is 3.34. The lowest BCUT2D eigenvalue weighted by Gasteiger charge is -2.32. The predicted molar refractivity (Wildman–Crippen MR) is 78.4 cm³/mol. The van der Waals surface area contributed by atoms with Crippen LogP contribution in [0, 0.1) is 11.3 Å². The van der Waals surface area contributed by atoms with Crippen molar-refractivity contribution < 1.29 is 9.90 Å². The average molecular weight is 282 g/mol. The van der Waals surface area contributed by atoms with E-state index in [0.29, 0.717) is 25.3 Å². The Balaban J connectivity index is 2.71. The molecule has 1 rings (SSSR count). The maximum absolute atomic E-state index is 11.7. The molecular formula is C14H26N4O2. The Kier molecular flexibility index (Phi) is 5.84. The highest BCUT2D eigenvalue weighted by atomic mass is 16.4. The molecule has 0 bridgehead atoms. The molecule has 0 saturated heterocycles. The first-order valence-corrected chi connectivity index (χ1v) is 7.31. The van der Waals surface area contributed by atoms with Crippen molar-refractivity contribution in [2.75, 3.05) is 13.1 Å². The molecule has 1 saturated carbocycles. The van der Waals surface area contributed by atoms with E-state index in [1.54, 1.807) is 0 Å². The Morgan fingerprint density at radius 1 is 1.45 bits per heavy atom. The highest BCUT2D eigenvalue weighted by Crippen LogP contribution is 2.39. The van der Waals surface area contributed by atoms with Gasteiger partial charge < -0.3 is 10.4 Å². The minimum Gasteiger partial charge on any atom is -0.480 e. The van der Waals surface area contributed by atoms with Crippen LogP contribution in [0.5, 0.6) is 0 Å². The number of nitrogens with zero attached hydrogens (tertiary/aromatic N) is 3. The van der Waals surface area contributed by atoms with Crippen molar-refractivity contribution >= 4 is 5.97 Å². The van der Waals surface area contributed by atoms with E-state index in [4.69, 9.17) is 5.53 Å². The summed E-state index contributed by atoms with van der Waals surface area (Å²) in [4.78, 5) is 14.4. The minimum atomic E-state index is -0.856. The standard InChI is InChI=1S/C14H26N4O2/c1-13(2,3)11-5-4-7-14(8-6-11,12(19)20)16-9-10-17-18-15/h11,16H,4-10H2,1-3H3,(H,19,20). The van der Waals surface area contributed by atoms with Gasteiger partial charge >= 0.3 is 5.97 Å². The molecule has 114 valence electrons. The molecule has 6 heteroatoms. The molecule has 0 spiro atoms. The van der Waals surface area contributed by atoms with Gasteiger partial charge in [-0.3, -0.25) is 4.79 Å². The van der Waals surface area contributed by atoms with Crippen LogP contribution in [0.15, 0.2) is 5.11 Å². The number of carbonyl (C=O) groups is 1. The van der Waals surface area contributed by atoms with E-state index in [1.165, 1.54) is 0 Å². The minimum absolute atomic E-state index is 0.222. The molecule has 6 nitrogen and oxygen atoms in total. The summed E-state index contributed by atoms with van der Waals surface area (Å²) < 4.78 is 0. The normalized spacial score (nSPS) is 27.4. The van der Waals surface area contributed by atoms with Gasteiger partial charge in [-0.2, -0.15) is 0 Å². The van der Waals surface area contributed by atoms with Crippen LogP contribution in [0.25, 0.3) is 10.4 Å². The summed E-state index contributed by atoms with van der Waals surface area (Å²) in [7, 11) is 0. The third-order valence-electron chi connectivity index (χ3n) is 4.45. The monoisotopic (exact) mass is 282 g/mol. The average Bonchev–Trinajstić information content (AvgIpc) is 2.57. The number of nitrogens with one attached hydrogen (secondary N) is 1. The number of hydrogen-bond donors (Lipinski definition) is 2. The van der Waals surface area contributed by atoms with Crippen LogP contribution >= 0.6 is 0 Å². The van der Waals surface area contributed by atoms with Gasteiger partial charge in [-0.15, -0.1) is 0 Å². The summed E-state index contributed by atoms with van der Waals surface area (Å²) in [6.45, 7) is 7.37. The molecule has 2 N–H and O–H groups in total. The Hall–Kier alpha value is -1.26. The van der Waals surface area contributed by atoms with E-state index in [2.05, 4.69) is 36.1 Å². The topological polar surface area (TPSA) is 98.1 Å². The fraction of sp³-hybridized carbons (Fsp3) is 0.929. The van der Waals surface area contributed by atoms with Crippen molar-refractivity contribution in [3.63, 3.8) is 0 Å². The summed E-state index contributed by atoms with van der Waals surface area (Å²) in [5.41, 5.74) is 7.63. The van der Waals surface area contributed by atoms with Gasteiger partial charge in [-0.25, -0.2) is 0 Å². The van der Waals surface area contributed by atoms with E-state index in [1.807, 2.05) is 0 Å². The molecule has 1 fully saturated rings. The zero-order chi connectivity index (χ0) is 15.2. The second-order valence-corrected chi connectivity index (χ2v) is 6.76. The molecule has 0 aromatic rings. The van der Waals surface area contributed by atoms with Crippen molar-refractivity contribution in [2.45, 2.75) is 58.4 Å². The molecule has 2 atom stereocenters. The molecular weight excluding hydrogens is 256 g/mol. The van der Waals surface area contributed by atoms with Crippen molar-refractivity contribution in [3.05, 3.63) is 10.4 Å². The largest absolute Gasteiger partial charge is 0.480 e. The van der Waals surface area contributed by atoms with Crippen molar-refractivity contribution in [1.29, 1.82) is 0 Å². The molecule has 0 aliphatic heterocycles. The summed E-state index contributed by atoms with van der Waals surface area (Å²) in [5, 5.41) is 16.2. The fourth-order valence-corrected chi connectivity index (χ4v) is 3.06. The SMILES string of the molecule is CC(C)(C)C1CCCC(NCCN=[N+]=[N-])(C(=O)O)CC1. The van der Waals surface area contributed by atoms with Crippen LogP contribution in [0.1, 0.15) is 52.9 Å². The van der Waals surface area contributed by atoms with Gasteiger partial charge in [0.15, 0.2) is 0 Å². The Labute approximate surface area is 120 Å². The fourth-order valence-electron chi connectivity index (χ4n) is 3.06. The zero-order valence-corrected chi connectivity index (χ0v) is 12.7. The molecule has 0 aromatic heterocycles. The molecule has 0 heterocycles. The third kappa shape index (κ3) is 4.39. The second-order valence-electron chi connectivity index (χ2n) is 6.76. The summed E-state index contributed by atoms with van der Waals surface area (Å²) in [5.74, 6) is -0.226.